The fourth-order valence-electron chi connectivity index (χ4n) is 4.47. The molecule has 3 aromatic rings. The van der Waals surface area contributed by atoms with Crippen LogP contribution in [-0.2, 0) is 19.1 Å². The van der Waals surface area contributed by atoms with Crippen LogP contribution >= 0.6 is 0 Å². The summed E-state index contributed by atoms with van der Waals surface area (Å²) in [5.41, 5.74) is 1.19. The standard InChI is InChI=1S/C39H44O10/c1-4-36(40)46-27-12-8-6-10-25-44-32-21-17-30(18-22-32)38(42)48-34-15-14-16-35(29(34)3)49-39(43)31-19-23-33(24-20-31)45-26-11-7-9-13-28-47-37(41)5-2/h4-5,14-24H,1-2,6-13,25-28H2,3H3. The molecule has 0 fully saturated rings. The largest absolute Gasteiger partial charge is 0.494 e. The van der Waals surface area contributed by atoms with Crippen molar-refractivity contribution in [3.8, 4) is 23.0 Å². The van der Waals surface area contributed by atoms with Crippen molar-refractivity contribution in [3.05, 3.63) is 109 Å². The second-order valence-corrected chi connectivity index (χ2v) is 11.0. The first-order chi connectivity index (χ1) is 23.8. The molecular weight excluding hydrogens is 628 g/mol. The van der Waals surface area contributed by atoms with Gasteiger partial charge in [-0.2, -0.15) is 0 Å². The normalized spacial score (nSPS) is 10.4. The van der Waals surface area contributed by atoms with Crippen LogP contribution in [0.25, 0.3) is 0 Å². The lowest BCUT2D eigenvalue weighted by Gasteiger charge is -2.12. The van der Waals surface area contributed by atoms with Gasteiger partial charge in [-0.1, -0.05) is 19.2 Å². The number of carbonyl (C=O) groups excluding carboxylic acids is 4. The van der Waals surface area contributed by atoms with Gasteiger partial charge < -0.3 is 28.4 Å². The Morgan fingerprint density at radius 2 is 0.898 bits per heavy atom. The third-order valence-corrected chi connectivity index (χ3v) is 7.26. The van der Waals surface area contributed by atoms with Gasteiger partial charge in [-0.25, -0.2) is 19.2 Å². The number of unbranched alkanes of at least 4 members (excludes halogenated alkanes) is 6. The summed E-state index contributed by atoms with van der Waals surface area (Å²) >= 11 is 0. The molecule has 0 aromatic heterocycles. The maximum absolute atomic E-state index is 12.9. The van der Waals surface area contributed by atoms with Crippen LogP contribution in [0.5, 0.6) is 23.0 Å². The quantitative estimate of drug-likeness (QED) is 0.0453. The average molecular weight is 673 g/mol. The average Bonchev–Trinajstić information content (AvgIpc) is 3.12. The molecule has 0 aliphatic carbocycles. The molecule has 0 spiro atoms. The molecule has 3 rings (SSSR count). The lowest BCUT2D eigenvalue weighted by atomic mass is 10.2. The Morgan fingerprint density at radius 3 is 1.27 bits per heavy atom. The Morgan fingerprint density at radius 1 is 0.531 bits per heavy atom. The van der Waals surface area contributed by atoms with Crippen molar-refractivity contribution in [3.63, 3.8) is 0 Å². The Balaban J connectivity index is 1.39. The van der Waals surface area contributed by atoms with Gasteiger partial charge in [0.15, 0.2) is 0 Å². The smallest absolute Gasteiger partial charge is 0.343 e. The van der Waals surface area contributed by atoms with Gasteiger partial charge in [0.05, 0.1) is 37.6 Å². The van der Waals surface area contributed by atoms with Crippen molar-refractivity contribution < 1.29 is 47.6 Å². The molecule has 0 N–H and O–H groups in total. The van der Waals surface area contributed by atoms with Crippen LogP contribution in [0.2, 0.25) is 0 Å². The van der Waals surface area contributed by atoms with Crippen molar-refractivity contribution in [1.82, 2.24) is 0 Å². The van der Waals surface area contributed by atoms with Gasteiger partial charge in [-0.3, -0.25) is 0 Å². The number of hydrogen-bond donors (Lipinski definition) is 0. The van der Waals surface area contributed by atoms with Gasteiger partial charge in [0.25, 0.3) is 0 Å². The Bertz CT molecular complexity index is 1410. The lowest BCUT2D eigenvalue weighted by molar-refractivity contribution is -0.138. The minimum atomic E-state index is -0.556. The van der Waals surface area contributed by atoms with Crippen molar-refractivity contribution in [2.45, 2.75) is 58.3 Å². The number of ether oxygens (including phenoxy) is 6. The van der Waals surface area contributed by atoms with Crippen LogP contribution in [0.1, 0.15) is 77.6 Å². The number of esters is 4. The summed E-state index contributed by atoms with van der Waals surface area (Å²) in [4.78, 5) is 47.8. The number of benzene rings is 3. The molecule has 0 heterocycles. The number of hydrogen-bond acceptors (Lipinski definition) is 10. The Labute approximate surface area is 287 Å². The van der Waals surface area contributed by atoms with Crippen LogP contribution in [0.3, 0.4) is 0 Å². The maximum atomic E-state index is 12.9. The number of rotatable bonds is 22. The van der Waals surface area contributed by atoms with E-state index in [1.54, 1.807) is 73.7 Å². The van der Waals surface area contributed by atoms with E-state index in [1.165, 1.54) is 0 Å². The summed E-state index contributed by atoms with van der Waals surface area (Å²) in [5, 5.41) is 0. The van der Waals surface area contributed by atoms with Crippen LogP contribution in [0.15, 0.2) is 92.0 Å². The van der Waals surface area contributed by atoms with Gasteiger partial charge >= 0.3 is 23.9 Å². The third-order valence-electron chi connectivity index (χ3n) is 7.26. The third kappa shape index (κ3) is 14.1. The molecule has 49 heavy (non-hydrogen) atoms. The summed E-state index contributed by atoms with van der Waals surface area (Å²) in [5.74, 6) is -0.104. The molecule has 0 saturated heterocycles. The first-order valence-electron chi connectivity index (χ1n) is 16.4. The van der Waals surface area contributed by atoms with E-state index in [0.717, 1.165) is 63.5 Å². The zero-order valence-corrected chi connectivity index (χ0v) is 28.0. The minimum absolute atomic E-state index is 0.274. The van der Waals surface area contributed by atoms with E-state index in [0.29, 0.717) is 54.6 Å². The lowest BCUT2D eigenvalue weighted by Crippen LogP contribution is -2.12. The fraction of sp³-hybridized carbons (Fsp3) is 0.333. The summed E-state index contributed by atoms with van der Waals surface area (Å²) < 4.78 is 32.7. The fourth-order valence-corrected chi connectivity index (χ4v) is 4.47. The minimum Gasteiger partial charge on any atom is -0.494 e. The Hall–Kier alpha value is -5.38. The molecule has 0 unspecified atom stereocenters. The zero-order chi connectivity index (χ0) is 35.3. The zero-order valence-electron chi connectivity index (χ0n) is 28.0. The van der Waals surface area contributed by atoms with Crippen molar-refractivity contribution in [2.75, 3.05) is 26.4 Å². The molecule has 10 heteroatoms. The van der Waals surface area contributed by atoms with Crippen LogP contribution in [0.4, 0.5) is 0 Å². The molecular formula is C39H44O10. The first kappa shape index (κ1) is 38.1. The molecule has 0 amide bonds. The van der Waals surface area contributed by atoms with Crippen molar-refractivity contribution in [2.24, 2.45) is 0 Å². The van der Waals surface area contributed by atoms with E-state index in [9.17, 15) is 19.2 Å². The molecule has 0 bridgehead atoms. The molecule has 0 atom stereocenters. The number of carbonyl (C=O) groups is 4. The van der Waals surface area contributed by atoms with Gasteiger partial charge in [-0.05, 0) is 119 Å². The topological polar surface area (TPSA) is 124 Å². The monoisotopic (exact) mass is 672 g/mol. The van der Waals surface area contributed by atoms with Crippen LogP contribution in [0, 0.1) is 6.92 Å². The summed E-state index contributed by atoms with van der Waals surface area (Å²) in [7, 11) is 0. The summed E-state index contributed by atoms with van der Waals surface area (Å²) in [6.45, 7) is 10.3. The van der Waals surface area contributed by atoms with E-state index in [1.807, 2.05) is 0 Å². The molecule has 3 aromatic carbocycles. The van der Waals surface area contributed by atoms with Gasteiger partial charge in [-0.15, -0.1) is 0 Å². The molecule has 260 valence electrons. The second-order valence-electron chi connectivity index (χ2n) is 11.0. The highest BCUT2D eigenvalue weighted by atomic mass is 16.6. The van der Waals surface area contributed by atoms with Gasteiger partial charge in [0, 0.05) is 17.7 Å². The Kier molecular flexibility index (Phi) is 16.7. The SMILES string of the molecule is C=CC(=O)OCCCCCCOc1ccc(C(=O)Oc2cccc(OC(=O)c3ccc(OCCCCCCOC(=O)C=C)cc3)c2C)cc1. The molecule has 0 aliphatic rings. The maximum Gasteiger partial charge on any atom is 0.343 e. The molecule has 10 nitrogen and oxygen atoms in total. The van der Waals surface area contributed by atoms with E-state index in [4.69, 9.17) is 28.4 Å². The second kappa shape index (κ2) is 21.5. The predicted molar refractivity (Wildman–Crippen MR) is 184 cm³/mol. The van der Waals surface area contributed by atoms with Gasteiger partial charge in [0.2, 0.25) is 0 Å². The van der Waals surface area contributed by atoms with Crippen molar-refractivity contribution >= 4 is 23.9 Å². The van der Waals surface area contributed by atoms with E-state index in [-0.39, 0.29) is 11.5 Å². The van der Waals surface area contributed by atoms with Gasteiger partial charge in [0.1, 0.15) is 23.0 Å². The molecule has 0 saturated carbocycles. The molecule has 0 radical (unpaired) electrons. The van der Waals surface area contributed by atoms with E-state index in [2.05, 4.69) is 13.2 Å². The highest BCUT2D eigenvalue weighted by molar-refractivity contribution is 5.92. The van der Waals surface area contributed by atoms with Crippen molar-refractivity contribution in [1.29, 1.82) is 0 Å². The van der Waals surface area contributed by atoms with Crippen LogP contribution < -0.4 is 18.9 Å². The van der Waals surface area contributed by atoms with E-state index < -0.39 is 23.9 Å². The van der Waals surface area contributed by atoms with Crippen LogP contribution in [-0.4, -0.2) is 50.3 Å². The van der Waals surface area contributed by atoms with E-state index >= 15 is 0 Å². The highest BCUT2D eigenvalue weighted by Crippen LogP contribution is 2.29. The highest BCUT2D eigenvalue weighted by Gasteiger charge is 2.16. The summed E-state index contributed by atoms with van der Waals surface area (Å²) in [6.07, 6.45) is 9.29. The summed E-state index contributed by atoms with van der Waals surface area (Å²) in [6, 6.07) is 18.3. The predicted octanol–water partition coefficient (Wildman–Crippen LogP) is 7.77. The molecule has 0 aliphatic heterocycles. The first-order valence-corrected chi connectivity index (χ1v) is 16.4.